The third kappa shape index (κ3) is 1.96. The largest absolute Gasteiger partial charge is 0.352 e. The molecule has 1 N–H and O–H groups in total. The average Bonchev–Trinajstić information content (AvgIpc) is 3.00. The zero-order valence-corrected chi connectivity index (χ0v) is 9.41. The summed E-state index contributed by atoms with van der Waals surface area (Å²) in [7, 11) is 0. The first-order chi connectivity index (χ1) is 7.83. The molecule has 0 bridgehead atoms. The Morgan fingerprint density at radius 3 is 3.06 bits per heavy atom. The first-order valence-electron chi connectivity index (χ1n) is 6.15. The molecule has 86 valence electrons. The van der Waals surface area contributed by atoms with Crippen LogP contribution in [0.1, 0.15) is 37.1 Å². The summed E-state index contributed by atoms with van der Waals surface area (Å²) >= 11 is 0. The molecular weight excluding hydrogens is 202 g/mol. The van der Waals surface area contributed by atoms with Gasteiger partial charge in [0.2, 0.25) is 5.91 Å². The first kappa shape index (κ1) is 9.87. The number of carbonyl (C=O) groups is 1. The minimum atomic E-state index is 0.133. The predicted molar refractivity (Wildman–Crippen MR) is 60.0 cm³/mol. The van der Waals surface area contributed by atoms with Gasteiger partial charge in [-0.15, -0.1) is 0 Å². The van der Waals surface area contributed by atoms with Crippen molar-refractivity contribution in [2.45, 2.75) is 51.1 Å². The molecule has 0 saturated heterocycles. The van der Waals surface area contributed by atoms with Crippen molar-refractivity contribution in [2.24, 2.45) is 0 Å². The Kier molecular flexibility index (Phi) is 2.42. The average molecular weight is 219 g/mol. The van der Waals surface area contributed by atoms with Crippen molar-refractivity contribution in [3.8, 4) is 0 Å². The van der Waals surface area contributed by atoms with Crippen LogP contribution in [-0.2, 0) is 24.2 Å². The Balaban J connectivity index is 1.68. The minimum absolute atomic E-state index is 0.133. The maximum absolute atomic E-state index is 11.7. The molecule has 1 aromatic rings. The number of hydrogen-bond acceptors (Lipinski definition) is 2. The second kappa shape index (κ2) is 3.92. The van der Waals surface area contributed by atoms with E-state index >= 15 is 0 Å². The second-order valence-corrected chi connectivity index (χ2v) is 4.81. The van der Waals surface area contributed by atoms with E-state index in [2.05, 4.69) is 10.3 Å². The fourth-order valence-electron chi connectivity index (χ4n) is 2.32. The van der Waals surface area contributed by atoms with Crippen LogP contribution in [0.25, 0.3) is 0 Å². The fraction of sp³-hybridized carbons (Fsp3) is 0.667. The van der Waals surface area contributed by atoms with Crippen molar-refractivity contribution in [3.63, 3.8) is 0 Å². The van der Waals surface area contributed by atoms with E-state index in [1.165, 1.54) is 24.2 Å². The topological polar surface area (TPSA) is 46.9 Å². The predicted octanol–water partition coefficient (Wildman–Crippen LogP) is 1.04. The van der Waals surface area contributed by atoms with Gasteiger partial charge in [-0.1, -0.05) is 0 Å². The Morgan fingerprint density at radius 2 is 2.25 bits per heavy atom. The number of carbonyl (C=O) groups excluding carboxylic acids is 1. The number of aryl methyl sites for hydroxylation is 1. The molecule has 2 aliphatic rings. The molecule has 1 heterocycles. The molecular formula is C12H17N3O. The van der Waals surface area contributed by atoms with E-state index in [1.54, 1.807) is 0 Å². The van der Waals surface area contributed by atoms with Gasteiger partial charge in [0.05, 0.1) is 12.0 Å². The summed E-state index contributed by atoms with van der Waals surface area (Å²) in [6.07, 6.45) is 8.73. The number of aromatic nitrogens is 2. The highest BCUT2D eigenvalue weighted by Crippen LogP contribution is 2.21. The molecule has 3 rings (SSSR count). The highest BCUT2D eigenvalue weighted by atomic mass is 16.2. The number of rotatable bonds is 3. The molecule has 1 fully saturated rings. The van der Waals surface area contributed by atoms with Crippen LogP contribution in [-0.4, -0.2) is 21.5 Å². The first-order valence-corrected chi connectivity index (χ1v) is 6.15. The smallest absolute Gasteiger partial charge is 0.240 e. The van der Waals surface area contributed by atoms with Crippen LogP contribution < -0.4 is 5.32 Å². The lowest BCUT2D eigenvalue weighted by Crippen LogP contribution is -2.29. The van der Waals surface area contributed by atoms with Crippen molar-refractivity contribution in [3.05, 3.63) is 17.7 Å². The van der Waals surface area contributed by atoms with Gasteiger partial charge in [0, 0.05) is 11.7 Å². The van der Waals surface area contributed by atoms with E-state index in [0.717, 1.165) is 25.7 Å². The Hall–Kier alpha value is -1.32. The van der Waals surface area contributed by atoms with E-state index in [9.17, 15) is 4.79 Å². The molecule has 1 saturated carbocycles. The molecule has 4 heteroatoms. The van der Waals surface area contributed by atoms with Gasteiger partial charge in [0.25, 0.3) is 0 Å². The zero-order valence-electron chi connectivity index (χ0n) is 9.41. The second-order valence-electron chi connectivity index (χ2n) is 4.81. The van der Waals surface area contributed by atoms with Crippen molar-refractivity contribution < 1.29 is 4.79 Å². The van der Waals surface area contributed by atoms with Gasteiger partial charge in [-0.05, 0) is 38.5 Å². The number of amides is 1. The summed E-state index contributed by atoms with van der Waals surface area (Å²) in [6, 6.07) is 0.451. The van der Waals surface area contributed by atoms with Gasteiger partial charge in [-0.2, -0.15) is 0 Å². The lowest BCUT2D eigenvalue weighted by atomic mass is 10.0. The normalized spacial score (nSPS) is 19.2. The SMILES string of the molecule is O=C(Cn1cnc2c1CCCC2)NC1CC1. The summed E-state index contributed by atoms with van der Waals surface area (Å²) in [5.74, 6) is 0.133. The van der Waals surface area contributed by atoms with Gasteiger partial charge in [-0.3, -0.25) is 4.79 Å². The Labute approximate surface area is 95.1 Å². The third-order valence-corrected chi connectivity index (χ3v) is 3.37. The number of hydrogen-bond donors (Lipinski definition) is 1. The van der Waals surface area contributed by atoms with Crippen LogP contribution in [0.3, 0.4) is 0 Å². The van der Waals surface area contributed by atoms with Gasteiger partial charge in [0.1, 0.15) is 6.54 Å². The molecule has 0 aliphatic heterocycles. The summed E-state index contributed by atoms with van der Waals surface area (Å²) in [6.45, 7) is 0.443. The van der Waals surface area contributed by atoms with Crippen molar-refractivity contribution in [2.75, 3.05) is 0 Å². The number of nitrogens with one attached hydrogen (secondary N) is 1. The molecule has 0 spiro atoms. The van der Waals surface area contributed by atoms with Crippen LogP contribution >= 0.6 is 0 Å². The van der Waals surface area contributed by atoms with Crippen LogP contribution in [0.4, 0.5) is 0 Å². The molecule has 2 aliphatic carbocycles. The number of imidazole rings is 1. The summed E-state index contributed by atoms with van der Waals surface area (Å²) < 4.78 is 2.02. The highest BCUT2D eigenvalue weighted by Gasteiger charge is 2.24. The molecule has 0 atom stereocenters. The van der Waals surface area contributed by atoms with Crippen LogP contribution in [0, 0.1) is 0 Å². The van der Waals surface area contributed by atoms with Crippen LogP contribution in [0.2, 0.25) is 0 Å². The van der Waals surface area contributed by atoms with Crippen molar-refractivity contribution >= 4 is 5.91 Å². The lowest BCUT2D eigenvalue weighted by Gasteiger charge is -2.13. The molecule has 0 radical (unpaired) electrons. The maximum Gasteiger partial charge on any atom is 0.240 e. The quantitative estimate of drug-likeness (QED) is 0.825. The summed E-state index contributed by atoms with van der Waals surface area (Å²) in [4.78, 5) is 16.1. The standard InChI is InChI=1S/C12H17N3O/c16-12(14-9-5-6-9)7-15-8-13-10-3-1-2-4-11(10)15/h8-9H,1-7H2,(H,14,16). The van der Waals surface area contributed by atoms with E-state index in [-0.39, 0.29) is 5.91 Å². The third-order valence-electron chi connectivity index (χ3n) is 3.37. The highest BCUT2D eigenvalue weighted by molar-refractivity contribution is 5.76. The summed E-state index contributed by atoms with van der Waals surface area (Å²) in [5.41, 5.74) is 2.47. The van der Waals surface area contributed by atoms with Crippen LogP contribution in [0.15, 0.2) is 6.33 Å². The molecule has 16 heavy (non-hydrogen) atoms. The number of nitrogens with zero attached hydrogens (tertiary/aromatic N) is 2. The fourth-order valence-corrected chi connectivity index (χ4v) is 2.32. The summed E-state index contributed by atoms with van der Waals surface area (Å²) in [5, 5.41) is 3.01. The van der Waals surface area contributed by atoms with Crippen LogP contribution in [0.5, 0.6) is 0 Å². The van der Waals surface area contributed by atoms with E-state index in [1.807, 2.05) is 10.9 Å². The van der Waals surface area contributed by atoms with Crippen molar-refractivity contribution in [1.82, 2.24) is 14.9 Å². The van der Waals surface area contributed by atoms with Gasteiger partial charge in [-0.25, -0.2) is 4.98 Å². The Morgan fingerprint density at radius 1 is 1.44 bits per heavy atom. The Bertz CT molecular complexity index is 406. The maximum atomic E-state index is 11.7. The monoisotopic (exact) mass is 219 g/mol. The molecule has 0 unspecified atom stereocenters. The lowest BCUT2D eigenvalue weighted by molar-refractivity contribution is -0.121. The van der Waals surface area contributed by atoms with E-state index in [4.69, 9.17) is 0 Å². The van der Waals surface area contributed by atoms with Crippen molar-refractivity contribution in [1.29, 1.82) is 0 Å². The van der Waals surface area contributed by atoms with Gasteiger partial charge >= 0.3 is 0 Å². The van der Waals surface area contributed by atoms with E-state index in [0.29, 0.717) is 12.6 Å². The zero-order chi connectivity index (χ0) is 11.0. The van der Waals surface area contributed by atoms with Gasteiger partial charge < -0.3 is 9.88 Å². The molecule has 1 aromatic heterocycles. The van der Waals surface area contributed by atoms with Gasteiger partial charge in [0.15, 0.2) is 0 Å². The number of fused-ring (bicyclic) bond motifs is 1. The molecule has 4 nitrogen and oxygen atoms in total. The molecule has 1 amide bonds. The molecule has 0 aromatic carbocycles. The van der Waals surface area contributed by atoms with E-state index < -0.39 is 0 Å². The minimum Gasteiger partial charge on any atom is -0.352 e.